The Balaban J connectivity index is 2.17. The molecule has 0 aliphatic carbocycles. The van der Waals surface area contributed by atoms with Gasteiger partial charge in [-0.3, -0.25) is 9.48 Å². The van der Waals surface area contributed by atoms with Gasteiger partial charge in [0.2, 0.25) is 5.91 Å². The SMILES string of the molecule is Cc1cc(C(F)(F)F)nn1[C@H](C)C(=O)N1CCC[C@H](C)C1. The average molecular weight is 303 g/mol. The van der Waals surface area contributed by atoms with E-state index in [0.717, 1.165) is 18.9 Å². The lowest BCUT2D eigenvalue weighted by Crippen LogP contribution is -2.42. The Labute approximate surface area is 121 Å². The van der Waals surface area contributed by atoms with Crippen LogP contribution in [-0.4, -0.2) is 33.7 Å². The highest BCUT2D eigenvalue weighted by molar-refractivity contribution is 5.80. The van der Waals surface area contributed by atoms with Gasteiger partial charge in [0.1, 0.15) is 6.04 Å². The summed E-state index contributed by atoms with van der Waals surface area (Å²) in [6.07, 6.45) is -2.47. The number of hydrogen-bond donors (Lipinski definition) is 0. The number of alkyl halides is 3. The Kier molecular flexibility index (Phi) is 4.30. The summed E-state index contributed by atoms with van der Waals surface area (Å²) in [5.41, 5.74) is -0.611. The zero-order chi connectivity index (χ0) is 15.8. The normalized spacial score (nSPS) is 21.4. The Morgan fingerprint density at radius 1 is 1.48 bits per heavy atom. The van der Waals surface area contributed by atoms with Crippen LogP contribution in [-0.2, 0) is 11.0 Å². The number of carbonyl (C=O) groups is 1. The van der Waals surface area contributed by atoms with Crippen LogP contribution in [0.15, 0.2) is 6.07 Å². The van der Waals surface area contributed by atoms with E-state index in [-0.39, 0.29) is 5.91 Å². The van der Waals surface area contributed by atoms with Gasteiger partial charge in [-0.05, 0) is 38.7 Å². The number of nitrogens with zero attached hydrogens (tertiary/aromatic N) is 3. The van der Waals surface area contributed by atoms with Crippen molar-refractivity contribution in [2.24, 2.45) is 5.92 Å². The van der Waals surface area contributed by atoms with Crippen molar-refractivity contribution < 1.29 is 18.0 Å². The topological polar surface area (TPSA) is 38.1 Å². The highest BCUT2D eigenvalue weighted by Gasteiger charge is 2.36. The van der Waals surface area contributed by atoms with Crippen LogP contribution in [0.1, 0.15) is 44.1 Å². The quantitative estimate of drug-likeness (QED) is 0.842. The molecule has 1 saturated heterocycles. The molecular formula is C14H20F3N3O. The monoisotopic (exact) mass is 303 g/mol. The van der Waals surface area contributed by atoms with Crippen molar-refractivity contribution in [2.45, 2.75) is 45.8 Å². The van der Waals surface area contributed by atoms with Crippen LogP contribution in [0.2, 0.25) is 0 Å². The third-order valence-electron chi connectivity index (χ3n) is 3.91. The third kappa shape index (κ3) is 3.39. The molecule has 2 rings (SSSR count). The second-order valence-electron chi connectivity index (χ2n) is 5.82. The van der Waals surface area contributed by atoms with E-state index in [2.05, 4.69) is 12.0 Å². The van der Waals surface area contributed by atoms with Gasteiger partial charge in [0.25, 0.3) is 0 Å². The maximum absolute atomic E-state index is 12.7. The Hall–Kier alpha value is -1.53. The summed E-state index contributed by atoms with van der Waals surface area (Å²) in [6.45, 7) is 6.53. The molecule has 1 aromatic heterocycles. The second-order valence-corrected chi connectivity index (χ2v) is 5.82. The summed E-state index contributed by atoms with van der Waals surface area (Å²) >= 11 is 0. The minimum atomic E-state index is -4.49. The number of hydrogen-bond acceptors (Lipinski definition) is 2. The molecule has 4 nitrogen and oxygen atoms in total. The second kappa shape index (κ2) is 5.69. The van der Waals surface area contributed by atoms with E-state index in [4.69, 9.17) is 0 Å². The fourth-order valence-electron chi connectivity index (χ4n) is 2.78. The van der Waals surface area contributed by atoms with Gasteiger partial charge in [-0.1, -0.05) is 6.92 Å². The van der Waals surface area contributed by atoms with E-state index in [1.54, 1.807) is 11.8 Å². The molecule has 0 aromatic carbocycles. The van der Waals surface area contributed by atoms with Crippen LogP contribution in [0.5, 0.6) is 0 Å². The Bertz CT molecular complexity index is 524. The summed E-state index contributed by atoms with van der Waals surface area (Å²) in [4.78, 5) is 14.2. The molecule has 7 heteroatoms. The zero-order valence-electron chi connectivity index (χ0n) is 12.4. The Morgan fingerprint density at radius 2 is 2.14 bits per heavy atom. The van der Waals surface area contributed by atoms with Gasteiger partial charge in [-0.15, -0.1) is 0 Å². The van der Waals surface area contributed by atoms with E-state index in [9.17, 15) is 18.0 Å². The molecule has 0 unspecified atom stereocenters. The largest absolute Gasteiger partial charge is 0.435 e. The first kappa shape index (κ1) is 15.9. The van der Waals surface area contributed by atoms with Gasteiger partial charge in [0, 0.05) is 18.8 Å². The summed E-state index contributed by atoms with van der Waals surface area (Å²) in [5.74, 6) is 0.265. The van der Waals surface area contributed by atoms with Crippen molar-refractivity contribution in [3.8, 4) is 0 Å². The van der Waals surface area contributed by atoms with Gasteiger partial charge in [-0.25, -0.2) is 0 Å². The van der Waals surface area contributed by atoms with Gasteiger partial charge in [-0.2, -0.15) is 18.3 Å². The minimum absolute atomic E-state index is 0.165. The lowest BCUT2D eigenvalue weighted by Gasteiger charge is -2.33. The Morgan fingerprint density at radius 3 is 2.67 bits per heavy atom. The van der Waals surface area contributed by atoms with E-state index in [1.165, 1.54) is 11.6 Å². The number of piperidine rings is 1. The fourth-order valence-corrected chi connectivity index (χ4v) is 2.78. The van der Waals surface area contributed by atoms with Crippen molar-refractivity contribution in [3.05, 3.63) is 17.5 Å². The molecule has 1 amide bonds. The maximum Gasteiger partial charge on any atom is 0.435 e. The molecule has 1 fully saturated rings. The molecule has 21 heavy (non-hydrogen) atoms. The molecule has 0 spiro atoms. The number of halogens is 3. The maximum atomic E-state index is 12.7. The van der Waals surface area contributed by atoms with Crippen molar-refractivity contribution in [1.82, 2.24) is 14.7 Å². The predicted molar refractivity (Wildman–Crippen MR) is 71.7 cm³/mol. The van der Waals surface area contributed by atoms with E-state index in [1.807, 2.05) is 0 Å². The fraction of sp³-hybridized carbons (Fsp3) is 0.714. The van der Waals surface area contributed by atoms with Crippen LogP contribution in [0.4, 0.5) is 13.2 Å². The molecule has 0 bridgehead atoms. The van der Waals surface area contributed by atoms with Crippen LogP contribution in [0, 0.1) is 12.8 Å². The smallest absolute Gasteiger partial charge is 0.341 e. The number of aryl methyl sites for hydroxylation is 1. The first-order chi connectivity index (χ1) is 9.70. The lowest BCUT2D eigenvalue weighted by atomic mass is 10.00. The molecule has 1 aromatic rings. The summed E-state index contributed by atoms with van der Waals surface area (Å²) in [5, 5.41) is 3.56. The van der Waals surface area contributed by atoms with Gasteiger partial charge in [0.15, 0.2) is 5.69 Å². The summed E-state index contributed by atoms with van der Waals surface area (Å²) in [6, 6.07) is 0.259. The van der Waals surface area contributed by atoms with E-state index in [0.29, 0.717) is 24.7 Å². The van der Waals surface area contributed by atoms with E-state index >= 15 is 0 Å². The van der Waals surface area contributed by atoms with Crippen molar-refractivity contribution in [2.75, 3.05) is 13.1 Å². The van der Waals surface area contributed by atoms with Crippen LogP contribution >= 0.6 is 0 Å². The number of rotatable bonds is 2. The molecular weight excluding hydrogens is 283 g/mol. The van der Waals surface area contributed by atoms with Crippen molar-refractivity contribution >= 4 is 5.91 Å². The third-order valence-corrected chi connectivity index (χ3v) is 3.91. The first-order valence-electron chi connectivity index (χ1n) is 7.12. The number of aromatic nitrogens is 2. The summed E-state index contributed by atoms with van der Waals surface area (Å²) in [7, 11) is 0. The molecule has 0 saturated carbocycles. The summed E-state index contributed by atoms with van der Waals surface area (Å²) < 4.78 is 39.2. The van der Waals surface area contributed by atoms with Crippen molar-refractivity contribution in [1.29, 1.82) is 0 Å². The highest BCUT2D eigenvalue weighted by Crippen LogP contribution is 2.29. The highest BCUT2D eigenvalue weighted by atomic mass is 19.4. The number of likely N-dealkylation sites (tertiary alicyclic amines) is 1. The molecule has 118 valence electrons. The number of amides is 1. The molecule has 0 N–H and O–H groups in total. The predicted octanol–water partition coefficient (Wildman–Crippen LogP) is 3.03. The molecule has 1 aliphatic heterocycles. The molecule has 0 radical (unpaired) electrons. The van der Waals surface area contributed by atoms with Gasteiger partial charge < -0.3 is 4.90 Å². The first-order valence-corrected chi connectivity index (χ1v) is 7.12. The van der Waals surface area contributed by atoms with E-state index < -0.39 is 17.9 Å². The van der Waals surface area contributed by atoms with Crippen LogP contribution in [0.3, 0.4) is 0 Å². The number of carbonyl (C=O) groups excluding carboxylic acids is 1. The molecule has 2 atom stereocenters. The lowest BCUT2D eigenvalue weighted by molar-refractivity contribution is -0.143. The standard InChI is InChI=1S/C14H20F3N3O/c1-9-5-4-6-19(8-9)13(21)11(3)20-10(2)7-12(18-20)14(15,16)17/h7,9,11H,4-6,8H2,1-3H3/t9-,11+/m0/s1. The zero-order valence-corrected chi connectivity index (χ0v) is 12.4. The minimum Gasteiger partial charge on any atom is -0.341 e. The van der Waals surface area contributed by atoms with Crippen LogP contribution < -0.4 is 0 Å². The van der Waals surface area contributed by atoms with Gasteiger partial charge in [0.05, 0.1) is 0 Å². The van der Waals surface area contributed by atoms with Crippen LogP contribution in [0.25, 0.3) is 0 Å². The van der Waals surface area contributed by atoms with Crippen molar-refractivity contribution in [3.63, 3.8) is 0 Å². The molecule has 1 aliphatic rings. The molecule has 2 heterocycles. The van der Waals surface area contributed by atoms with Gasteiger partial charge >= 0.3 is 6.18 Å². The average Bonchev–Trinajstić information content (AvgIpc) is 2.79.